The highest BCUT2D eigenvalue weighted by Crippen LogP contribution is 2.35. The Morgan fingerprint density at radius 1 is 1.20 bits per heavy atom. The van der Waals surface area contributed by atoms with E-state index in [4.69, 9.17) is 22.1 Å². The maximum Gasteiger partial charge on any atom is 0.122 e. The Balaban J connectivity index is 1.68. The molecule has 1 unspecified atom stereocenters. The molecule has 104 valence electrons. The minimum Gasteiger partial charge on any atom is -0.493 e. The molecular formula is C17H18ClNO. The minimum atomic E-state index is 0.507. The summed E-state index contributed by atoms with van der Waals surface area (Å²) in [6.07, 6.45) is 1.90. The molecule has 0 fully saturated rings. The van der Waals surface area contributed by atoms with Gasteiger partial charge in [0, 0.05) is 10.9 Å². The van der Waals surface area contributed by atoms with E-state index < -0.39 is 0 Å². The van der Waals surface area contributed by atoms with E-state index in [9.17, 15) is 0 Å². The van der Waals surface area contributed by atoms with E-state index in [1.54, 1.807) is 0 Å². The molecule has 1 aliphatic rings. The SMILES string of the molecule is NCCc1cc(Cl)ccc1OCC1Cc2ccccc21. The Kier molecular flexibility index (Phi) is 3.95. The number of halogens is 1. The van der Waals surface area contributed by atoms with Crippen molar-refractivity contribution >= 4 is 11.6 Å². The van der Waals surface area contributed by atoms with E-state index >= 15 is 0 Å². The van der Waals surface area contributed by atoms with Gasteiger partial charge in [0.1, 0.15) is 5.75 Å². The Hall–Kier alpha value is -1.51. The fraction of sp³-hybridized carbons (Fsp3) is 0.294. The van der Waals surface area contributed by atoms with Crippen LogP contribution in [0.4, 0.5) is 0 Å². The van der Waals surface area contributed by atoms with Crippen molar-refractivity contribution in [3.8, 4) is 5.75 Å². The predicted octanol–water partition coefficient (Wildman–Crippen LogP) is 3.56. The topological polar surface area (TPSA) is 35.2 Å². The van der Waals surface area contributed by atoms with Gasteiger partial charge in [-0.05, 0) is 54.3 Å². The lowest BCUT2D eigenvalue weighted by atomic mass is 9.78. The van der Waals surface area contributed by atoms with Gasteiger partial charge in [-0.25, -0.2) is 0 Å². The summed E-state index contributed by atoms with van der Waals surface area (Å²) in [6, 6.07) is 14.3. The van der Waals surface area contributed by atoms with Crippen LogP contribution < -0.4 is 10.5 Å². The lowest BCUT2D eigenvalue weighted by Crippen LogP contribution is -2.23. The van der Waals surface area contributed by atoms with Crippen LogP contribution in [0.3, 0.4) is 0 Å². The molecule has 0 amide bonds. The van der Waals surface area contributed by atoms with Gasteiger partial charge < -0.3 is 10.5 Å². The molecule has 0 heterocycles. The molecule has 0 bridgehead atoms. The molecular weight excluding hydrogens is 270 g/mol. The third kappa shape index (κ3) is 2.67. The van der Waals surface area contributed by atoms with Crippen LogP contribution in [0.15, 0.2) is 42.5 Å². The normalized spacial score (nSPS) is 16.4. The van der Waals surface area contributed by atoms with Gasteiger partial charge in [-0.2, -0.15) is 0 Å². The molecule has 2 aromatic carbocycles. The van der Waals surface area contributed by atoms with Gasteiger partial charge in [-0.1, -0.05) is 35.9 Å². The van der Waals surface area contributed by atoms with Gasteiger partial charge in [-0.15, -0.1) is 0 Å². The Morgan fingerprint density at radius 3 is 2.85 bits per heavy atom. The number of benzene rings is 2. The third-order valence-electron chi connectivity index (χ3n) is 3.84. The average molecular weight is 288 g/mol. The van der Waals surface area contributed by atoms with E-state index in [1.807, 2.05) is 18.2 Å². The van der Waals surface area contributed by atoms with Crippen LogP contribution in [0.5, 0.6) is 5.75 Å². The Morgan fingerprint density at radius 2 is 2.05 bits per heavy atom. The molecule has 2 aromatic rings. The highest BCUT2D eigenvalue weighted by molar-refractivity contribution is 6.30. The van der Waals surface area contributed by atoms with Crippen molar-refractivity contribution in [1.29, 1.82) is 0 Å². The Labute approximate surface area is 124 Å². The van der Waals surface area contributed by atoms with Gasteiger partial charge >= 0.3 is 0 Å². The maximum atomic E-state index is 6.02. The van der Waals surface area contributed by atoms with Crippen LogP contribution >= 0.6 is 11.6 Å². The van der Waals surface area contributed by atoms with E-state index in [1.165, 1.54) is 11.1 Å². The summed E-state index contributed by atoms with van der Waals surface area (Å²) in [5, 5.41) is 0.731. The highest BCUT2D eigenvalue weighted by atomic mass is 35.5. The second-order valence-electron chi connectivity index (χ2n) is 5.20. The third-order valence-corrected chi connectivity index (χ3v) is 4.07. The zero-order valence-electron chi connectivity index (χ0n) is 11.3. The number of rotatable bonds is 5. The molecule has 0 radical (unpaired) electrons. The number of nitrogens with two attached hydrogens (primary N) is 1. The smallest absolute Gasteiger partial charge is 0.122 e. The van der Waals surface area contributed by atoms with E-state index in [-0.39, 0.29) is 0 Å². The van der Waals surface area contributed by atoms with Crippen molar-refractivity contribution in [2.45, 2.75) is 18.8 Å². The molecule has 1 atom stereocenters. The summed E-state index contributed by atoms with van der Waals surface area (Å²) in [7, 11) is 0. The van der Waals surface area contributed by atoms with Crippen molar-refractivity contribution in [2.75, 3.05) is 13.2 Å². The van der Waals surface area contributed by atoms with E-state index in [0.717, 1.165) is 35.8 Å². The standard InChI is InChI=1S/C17H18ClNO/c18-15-5-6-17(13(10-15)7-8-19)20-11-14-9-12-3-1-2-4-16(12)14/h1-6,10,14H,7-9,11,19H2. The molecule has 20 heavy (non-hydrogen) atoms. The van der Waals surface area contributed by atoms with Crippen LogP contribution in [-0.4, -0.2) is 13.2 Å². The molecule has 2 N–H and O–H groups in total. The van der Waals surface area contributed by atoms with Gasteiger partial charge in [0.05, 0.1) is 6.61 Å². The van der Waals surface area contributed by atoms with Crippen molar-refractivity contribution in [2.24, 2.45) is 5.73 Å². The molecule has 3 heteroatoms. The van der Waals surface area contributed by atoms with Crippen LogP contribution in [-0.2, 0) is 12.8 Å². The van der Waals surface area contributed by atoms with Crippen molar-refractivity contribution < 1.29 is 4.74 Å². The molecule has 0 aliphatic heterocycles. The van der Waals surface area contributed by atoms with Gasteiger partial charge in [0.15, 0.2) is 0 Å². The summed E-state index contributed by atoms with van der Waals surface area (Å²) >= 11 is 6.02. The second-order valence-corrected chi connectivity index (χ2v) is 5.64. The molecule has 0 saturated carbocycles. The minimum absolute atomic E-state index is 0.507. The Bertz CT molecular complexity index is 612. The first-order valence-electron chi connectivity index (χ1n) is 6.97. The summed E-state index contributed by atoms with van der Waals surface area (Å²) in [5.41, 5.74) is 9.59. The zero-order chi connectivity index (χ0) is 13.9. The number of hydrogen-bond donors (Lipinski definition) is 1. The maximum absolute atomic E-state index is 6.02. The number of fused-ring (bicyclic) bond motifs is 1. The van der Waals surface area contributed by atoms with Gasteiger partial charge in [0.25, 0.3) is 0 Å². The summed E-state index contributed by atoms with van der Waals surface area (Å²) < 4.78 is 5.99. The van der Waals surface area contributed by atoms with Gasteiger partial charge in [0.2, 0.25) is 0 Å². The number of ether oxygens (including phenoxy) is 1. The predicted molar refractivity (Wildman–Crippen MR) is 82.6 cm³/mol. The lowest BCUT2D eigenvalue weighted by molar-refractivity contribution is 0.273. The summed E-state index contributed by atoms with van der Waals surface area (Å²) in [4.78, 5) is 0. The first-order chi connectivity index (χ1) is 9.78. The van der Waals surface area contributed by atoms with Crippen LogP contribution in [0.2, 0.25) is 5.02 Å². The van der Waals surface area contributed by atoms with Crippen LogP contribution in [0.25, 0.3) is 0 Å². The summed E-state index contributed by atoms with van der Waals surface area (Å²) in [5.74, 6) is 1.41. The molecule has 2 nitrogen and oxygen atoms in total. The number of hydrogen-bond acceptors (Lipinski definition) is 2. The largest absolute Gasteiger partial charge is 0.493 e. The van der Waals surface area contributed by atoms with Crippen molar-refractivity contribution in [3.63, 3.8) is 0 Å². The summed E-state index contributed by atoms with van der Waals surface area (Å²) in [6.45, 7) is 1.32. The average Bonchev–Trinajstić information content (AvgIpc) is 2.42. The van der Waals surface area contributed by atoms with Crippen LogP contribution in [0.1, 0.15) is 22.6 Å². The molecule has 3 rings (SSSR count). The van der Waals surface area contributed by atoms with Crippen LogP contribution in [0, 0.1) is 0 Å². The molecule has 0 aromatic heterocycles. The fourth-order valence-corrected chi connectivity index (χ4v) is 2.94. The quantitative estimate of drug-likeness (QED) is 0.912. The fourth-order valence-electron chi connectivity index (χ4n) is 2.74. The zero-order valence-corrected chi connectivity index (χ0v) is 12.1. The lowest BCUT2D eigenvalue weighted by Gasteiger charge is -2.30. The van der Waals surface area contributed by atoms with Crippen molar-refractivity contribution in [3.05, 3.63) is 64.2 Å². The monoisotopic (exact) mass is 287 g/mol. The van der Waals surface area contributed by atoms with Crippen molar-refractivity contribution in [1.82, 2.24) is 0 Å². The second kappa shape index (κ2) is 5.86. The van der Waals surface area contributed by atoms with E-state index in [0.29, 0.717) is 12.5 Å². The molecule has 0 saturated heterocycles. The molecule has 0 spiro atoms. The first-order valence-corrected chi connectivity index (χ1v) is 7.35. The van der Waals surface area contributed by atoms with Gasteiger partial charge in [-0.3, -0.25) is 0 Å². The first kappa shape index (κ1) is 13.5. The van der Waals surface area contributed by atoms with E-state index in [2.05, 4.69) is 24.3 Å². The molecule has 1 aliphatic carbocycles. The highest BCUT2D eigenvalue weighted by Gasteiger charge is 2.26.